The van der Waals surface area contributed by atoms with Gasteiger partial charge in [0.1, 0.15) is 5.75 Å². The van der Waals surface area contributed by atoms with Gasteiger partial charge in [0.05, 0.1) is 6.54 Å². The molecule has 0 atom stereocenters. The van der Waals surface area contributed by atoms with Crippen LogP contribution in [0.5, 0.6) is 17.2 Å². The lowest BCUT2D eigenvalue weighted by Gasteiger charge is -2.14. The number of rotatable bonds is 5. The van der Waals surface area contributed by atoms with Gasteiger partial charge < -0.3 is 24.8 Å². The third-order valence-electron chi connectivity index (χ3n) is 2.80. The molecule has 1 heterocycles. The fraction of sp³-hybridized carbons (Fsp3) is 0.357. The molecule has 0 unspecified atom stereocenters. The molecule has 0 bridgehead atoms. The van der Waals surface area contributed by atoms with Gasteiger partial charge in [-0.2, -0.15) is 8.78 Å². The number of fused-ring (bicyclic) bond motifs is 1. The normalized spacial score (nSPS) is 12.4. The SMILES string of the molecule is C#CCNC(=NC)NCc1cc2c(cc1OC(F)F)OCO2.I. The predicted octanol–water partition coefficient (Wildman–Crippen LogP) is 1.93. The van der Waals surface area contributed by atoms with Crippen LogP contribution in [-0.4, -0.2) is 33.0 Å². The maximum absolute atomic E-state index is 12.5. The quantitative estimate of drug-likeness (QED) is 0.318. The van der Waals surface area contributed by atoms with E-state index >= 15 is 0 Å². The second-order valence-electron chi connectivity index (χ2n) is 4.18. The van der Waals surface area contributed by atoms with Gasteiger partial charge in [-0.25, -0.2) is 0 Å². The van der Waals surface area contributed by atoms with Gasteiger partial charge in [-0.3, -0.25) is 4.99 Å². The molecule has 2 N–H and O–H groups in total. The molecule has 0 aliphatic carbocycles. The zero-order chi connectivity index (χ0) is 15.9. The van der Waals surface area contributed by atoms with Crippen LogP contribution in [0.25, 0.3) is 0 Å². The van der Waals surface area contributed by atoms with Crippen molar-refractivity contribution in [1.82, 2.24) is 10.6 Å². The maximum atomic E-state index is 12.5. The Kier molecular flexibility index (Phi) is 7.67. The summed E-state index contributed by atoms with van der Waals surface area (Å²) in [4.78, 5) is 3.96. The molecule has 0 amide bonds. The van der Waals surface area contributed by atoms with Crippen LogP contribution in [0.2, 0.25) is 0 Å². The Hall–Kier alpha value is -1.96. The second kappa shape index (κ2) is 9.24. The second-order valence-corrected chi connectivity index (χ2v) is 4.18. The molecule has 0 radical (unpaired) electrons. The average molecular weight is 439 g/mol. The third-order valence-corrected chi connectivity index (χ3v) is 2.80. The zero-order valence-corrected chi connectivity index (χ0v) is 14.6. The summed E-state index contributed by atoms with van der Waals surface area (Å²) in [5.74, 6) is 3.71. The van der Waals surface area contributed by atoms with Gasteiger partial charge in [0.15, 0.2) is 17.5 Å². The van der Waals surface area contributed by atoms with Crippen LogP contribution >= 0.6 is 24.0 Å². The van der Waals surface area contributed by atoms with Gasteiger partial charge in [0.2, 0.25) is 6.79 Å². The summed E-state index contributed by atoms with van der Waals surface area (Å²) in [6.45, 7) is -2.39. The summed E-state index contributed by atoms with van der Waals surface area (Å²) in [5, 5.41) is 5.81. The lowest BCUT2D eigenvalue weighted by Crippen LogP contribution is -2.37. The molecular weight excluding hydrogens is 423 g/mol. The first-order valence-corrected chi connectivity index (χ1v) is 6.39. The number of guanidine groups is 1. The van der Waals surface area contributed by atoms with E-state index in [0.717, 1.165) is 0 Å². The lowest BCUT2D eigenvalue weighted by atomic mass is 10.1. The molecule has 6 nitrogen and oxygen atoms in total. The van der Waals surface area contributed by atoms with E-state index < -0.39 is 6.61 Å². The van der Waals surface area contributed by atoms with Crippen molar-refractivity contribution in [3.63, 3.8) is 0 Å². The zero-order valence-electron chi connectivity index (χ0n) is 12.3. The predicted molar refractivity (Wildman–Crippen MR) is 91.6 cm³/mol. The van der Waals surface area contributed by atoms with Crippen molar-refractivity contribution in [2.45, 2.75) is 13.2 Å². The molecule has 9 heteroatoms. The first-order chi connectivity index (χ1) is 10.6. The highest BCUT2D eigenvalue weighted by molar-refractivity contribution is 14.0. The summed E-state index contributed by atoms with van der Waals surface area (Å²) in [6, 6.07) is 2.96. The van der Waals surface area contributed by atoms with Gasteiger partial charge in [-0.1, -0.05) is 5.92 Å². The van der Waals surface area contributed by atoms with E-state index in [1.165, 1.54) is 6.07 Å². The molecule has 0 aromatic heterocycles. The summed E-state index contributed by atoms with van der Waals surface area (Å²) >= 11 is 0. The Labute approximate surface area is 149 Å². The Bertz CT molecular complexity index is 606. The number of ether oxygens (including phenoxy) is 3. The molecule has 1 aromatic rings. The molecular formula is C14H16F2IN3O3. The number of hydrogen-bond acceptors (Lipinski definition) is 4. The molecule has 126 valence electrons. The van der Waals surface area contributed by atoms with Crippen molar-refractivity contribution >= 4 is 29.9 Å². The van der Waals surface area contributed by atoms with E-state index in [4.69, 9.17) is 15.9 Å². The van der Waals surface area contributed by atoms with Crippen molar-refractivity contribution in [1.29, 1.82) is 0 Å². The lowest BCUT2D eigenvalue weighted by molar-refractivity contribution is -0.0505. The number of terminal acetylenes is 1. The van der Waals surface area contributed by atoms with Crippen LogP contribution in [0.15, 0.2) is 17.1 Å². The molecule has 1 aliphatic rings. The van der Waals surface area contributed by atoms with Crippen molar-refractivity contribution in [3.8, 4) is 29.6 Å². The van der Waals surface area contributed by atoms with Crippen LogP contribution in [0.4, 0.5) is 8.78 Å². The van der Waals surface area contributed by atoms with Gasteiger partial charge in [0.25, 0.3) is 0 Å². The Balaban J connectivity index is 0.00000264. The molecule has 1 aliphatic heterocycles. The Morgan fingerprint density at radius 2 is 2.09 bits per heavy atom. The van der Waals surface area contributed by atoms with Crippen LogP contribution < -0.4 is 24.8 Å². The smallest absolute Gasteiger partial charge is 0.387 e. The fourth-order valence-corrected chi connectivity index (χ4v) is 1.84. The number of nitrogens with zero attached hydrogens (tertiary/aromatic N) is 1. The monoisotopic (exact) mass is 439 g/mol. The van der Waals surface area contributed by atoms with Gasteiger partial charge in [-0.15, -0.1) is 30.4 Å². The minimum atomic E-state index is -2.93. The van der Waals surface area contributed by atoms with E-state index in [1.807, 2.05) is 0 Å². The number of benzene rings is 1. The van der Waals surface area contributed by atoms with Crippen LogP contribution in [0.1, 0.15) is 5.56 Å². The van der Waals surface area contributed by atoms with Crippen molar-refractivity contribution in [3.05, 3.63) is 17.7 Å². The average Bonchev–Trinajstić information content (AvgIpc) is 2.94. The van der Waals surface area contributed by atoms with Crippen molar-refractivity contribution in [2.24, 2.45) is 4.99 Å². The fourth-order valence-electron chi connectivity index (χ4n) is 1.84. The van der Waals surface area contributed by atoms with Crippen LogP contribution in [0, 0.1) is 12.3 Å². The first kappa shape index (κ1) is 19.1. The summed E-state index contributed by atoms with van der Waals surface area (Å²) in [7, 11) is 1.57. The Morgan fingerprint density at radius 3 is 2.70 bits per heavy atom. The van der Waals surface area contributed by atoms with E-state index in [9.17, 15) is 8.78 Å². The molecule has 0 saturated heterocycles. The van der Waals surface area contributed by atoms with E-state index in [1.54, 1.807) is 13.1 Å². The van der Waals surface area contributed by atoms with Crippen LogP contribution in [0.3, 0.4) is 0 Å². The number of halogens is 3. The minimum Gasteiger partial charge on any atom is -0.454 e. The number of alkyl halides is 2. The molecule has 0 fully saturated rings. The molecule has 0 spiro atoms. The molecule has 0 saturated carbocycles. The largest absolute Gasteiger partial charge is 0.454 e. The standard InChI is InChI=1S/C14H15F2N3O3.HI/c1-3-4-18-14(17-2)19-7-9-5-11-12(21-8-20-11)6-10(9)22-13(15)16;/h1,5-6,13H,4,7-8H2,2H3,(H2,17,18,19);1H. The van der Waals surface area contributed by atoms with E-state index in [0.29, 0.717) is 29.6 Å². The van der Waals surface area contributed by atoms with Gasteiger partial charge in [0, 0.05) is 25.2 Å². The number of hydrogen-bond donors (Lipinski definition) is 2. The van der Waals surface area contributed by atoms with E-state index in [-0.39, 0.29) is 43.1 Å². The van der Waals surface area contributed by atoms with Gasteiger partial charge in [-0.05, 0) is 6.07 Å². The number of aliphatic imine (C=N–C) groups is 1. The van der Waals surface area contributed by atoms with Crippen molar-refractivity contribution in [2.75, 3.05) is 20.4 Å². The molecule has 2 rings (SSSR count). The highest BCUT2D eigenvalue weighted by atomic mass is 127. The molecule has 23 heavy (non-hydrogen) atoms. The Morgan fingerprint density at radius 1 is 1.39 bits per heavy atom. The summed E-state index contributed by atoms with van der Waals surface area (Å²) in [5.41, 5.74) is 0.480. The first-order valence-electron chi connectivity index (χ1n) is 6.39. The maximum Gasteiger partial charge on any atom is 0.387 e. The summed E-state index contributed by atoms with van der Waals surface area (Å²) in [6.07, 6.45) is 5.15. The highest BCUT2D eigenvalue weighted by Crippen LogP contribution is 2.38. The number of nitrogens with one attached hydrogen (secondary N) is 2. The van der Waals surface area contributed by atoms with Crippen molar-refractivity contribution < 1.29 is 23.0 Å². The van der Waals surface area contributed by atoms with Crippen LogP contribution in [-0.2, 0) is 6.54 Å². The molecule has 1 aromatic carbocycles. The highest BCUT2D eigenvalue weighted by Gasteiger charge is 2.20. The third kappa shape index (κ3) is 5.31. The summed E-state index contributed by atoms with van der Waals surface area (Å²) < 4.78 is 39.9. The topological polar surface area (TPSA) is 64.1 Å². The minimum absolute atomic E-state index is 0. The van der Waals surface area contributed by atoms with Gasteiger partial charge >= 0.3 is 6.61 Å². The van der Waals surface area contributed by atoms with E-state index in [2.05, 4.69) is 26.3 Å².